The zero-order valence-electron chi connectivity index (χ0n) is 22.5. The van der Waals surface area contributed by atoms with Gasteiger partial charge in [0.15, 0.2) is 5.69 Å². The lowest BCUT2D eigenvalue weighted by molar-refractivity contribution is -0.143. The minimum Gasteiger partial charge on any atom is -0.465 e. The Kier molecular flexibility index (Phi) is 9.25. The zero-order chi connectivity index (χ0) is 28.9. The number of nitrogens with zero attached hydrogens (tertiary/aromatic N) is 3. The Balaban J connectivity index is 2.21. The van der Waals surface area contributed by atoms with E-state index in [4.69, 9.17) is 16.2 Å². The largest absolute Gasteiger partial charge is 0.465 e. The van der Waals surface area contributed by atoms with Gasteiger partial charge in [-0.15, -0.1) is 0 Å². The Hall–Kier alpha value is -4.45. The van der Waals surface area contributed by atoms with Crippen LogP contribution in [-0.4, -0.2) is 55.3 Å². The number of esters is 1. The Morgan fingerprint density at radius 3 is 2.15 bits per heavy atom. The first-order valence-corrected chi connectivity index (χ1v) is 12.9. The molecule has 0 aliphatic rings. The second kappa shape index (κ2) is 12.4. The second-order valence-corrected chi connectivity index (χ2v) is 9.84. The summed E-state index contributed by atoms with van der Waals surface area (Å²) in [6.07, 6.45) is 0. The lowest BCUT2D eigenvalue weighted by Crippen LogP contribution is -2.45. The molecular weight excluding hydrogens is 520 g/mol. The van der Waals surface area contributed by atoms with Gasteiger partial charge in [-0.2, -0.15) is 4.37 Å². The lowest BCUT2D eigenvalue weighted by atomic mass is 10.0. The van der Waals surface area contributed by atoms with Gasteiger partial charge in [-0.3, -0.25) is 24.1 Å². The van der Waals surface area contributed by atoms with Crippen molar-refractivity contribution in [3.05, 3.63) is 69.7 Å². The summed E-state index contributed by atoms with van der Waals surface area (Å²) >= 11 is 0.720. The van der Waals surface area contributed by atoms with E-state index in [1.54, 1.807) is 31.2 Å². The molecule has 3 amide bonds. The van der Waals surface area contributed by atoms with Crippen molar-refractivity contribution in [3.8, 4) is 0 Å². The summed E-state index contributed by atoms with van der Waals surface area (Å²) in [6.45, 7) is 5.17. The van der Waals surface area contributed by atoms with Crippen molar-refractivity contribution >= 4 is 52.3 Å². The SMILES string of the molecule is CCOC(=O)CNC(=O)[C@H](c1ccc(N(C)C)cc1)N(C(=O)c1snc(C(N)=O)c1N)c1cc(C)cc(C)c1. The van der Waals surface area contributed by atoms with E-state index in [1.165, 1.54) is 4.90 Å². The van der Waals surface area contributed by atoms with Crippen molar-refractivity contribution in [2.45, 2.75) is 26.8 Å². The van der Waals surface area contributed by atoms with Gasteiger partial charge in [0.05, 0.1) is 12.3 Å². The minimum absolute atomic E-state index is 0.0453. The first kappa shape index (κ1) is 29.1. The molecule has 0 saturated carbocycles. The van der Waals surface area contributed by atoms with Crippen molar-refractivity contribution in [1.29, 1.82) is 0 Å². The van der Waals surface area contributed by atoms with Gasteiger partial charge in [-0.05, 0) is 73.3 Å². The molecule has 1 atom stereocenters. The summed E-state index contributed by atoms with van der Waals surface area (Å²) in [5, 5.41) is 2.59. The van der Waals surface area contributed by atoms with Crippen LogP contribution < -0.4 is 26.6 Å². The average molecular weight is 553 g/mol. The van der Waals surface area contributed by atoms with Crippen LogP contribution in [0.15, 0.2) is 42.5 Å². The fourth-order valence-corrected chi connectivity index (χ4v) is 4.79. The fraction of sp³-hybridized carbons (Fsp3) is 0.296. The molecule has 1 aromatic heterocycles. The number of aromatic nitrogens is 1. The third-order valence-electron chi connectivity index (χ3n) is 5.80. The third-order valence-corrected chi connectivity index (χ3v) is 6.65. The van der Waals surface area contributed by atoms with Crippen LogP contribution >= 0.6 is 11.5 Å². The van der Waals surface area contributed by atoms with E-state index >= 15 is 0 Å². The predicted octanol–water partition coefficient (Wildman–Crippen LogP) is 2.57. The summed E-state index contributed by atoms with van der Waals surface area (Å²) < 4.78 is 8.91. The van der Waals surface area contributed by atoms with Crippen LogP contribution in [0.2, 0.25) is 0 Å². The maximum Gasteiger partial charge on any atom is 0.325 e. The van der Waals surface area contributed by atoms with E-state index in [-0.39, 0.29) is 29.4 Å². The molecule has 0 radical (unpaired) electrons. The number of aryl methyl sites for hydroxylation is 2. The molecule has 0 fully saturated rings. The van der Waals surface area contributed by atoms with Crippen molar-refractivity contribution in [2.24, 2.45) is 5.73 Å². The quantitative estimate of drug-likeness (QED) is 0.323. The van der Waals surface area contributed by atoms with Gasteiger partial charge >= 0.3 is 5.97 Å². The van der Waals surface area contributed by atoms with Crippen LogP contribution in [-0.2, 0) is 14.3 Å². The van der Waals surface area contributed by atoms with E-state index in [1.807, 2.05) is 51.0 Å². The predicted molar refractivity (Wildman–Crippen MR) is 151 cm³/mol. The number of ether oxygens (including phenoxy) is 1. The van der Waals surface area contributed by atoms with Gasteiger partial charge in [0.2, 0.25) is 5.91 Å². The molecule has 0 saturated heterocycles. The number of primary amides is 1. The zero-order valence-corrected chi connectivity index (χ0v) is 23.3. The van der Waals surface area contributed by atoms with Crippen LogP contribution in [0.25, 0.3) is 0 Å². The molecule has 0 spiro atoms. The standard InChI is InChI=1S/C27H32N6O5S/c1-6-38-20(34)14-30-26(36)23(17-7-9-18(10-8-17)32(4)5)33(19-12-15(2)11-16(3)13-19)27(37)24-21(28)22(25(29)35)31-39-24/h7-13,23H,6,14,28H2,1-5H3,(H2,29,35)(H,30,36)/t23-/m0/s1. The molecular formula is C27H32N6O5S. The highest BCUT2D eigenvalue weighted by molar-refractivity contribution is 7.09. The van der Waals surface area contributed by atoms with Crippen LogP contribution in [0.4, 0.5) is 17.1 Å². The minimum atomic E-state index is -1.22. The number of rotatable bonds is 10. The number of amides is 3. The number of nitrogens with two attached hydrogens (primary N) is 2. The van der Waals surface area contributed by atoms with Crippen molar-refractivity contribution in [2.75, 3.05) is 42.8 Å². The van der Waals surface area contributed by atoms with E-state index in [0.29, 0.717) is 11.3 Å². The van der Waals surface area contributed by atoms with E-state index in [9.17, 15) is 19.2 Å². The van der Waals surface area contributed by atoms with Crippen LogP contribution in [0.5, 0.6) is 0 Å². The molecule has 3 rings (SSSR count). The van der Waals surface area contributed by atoms with Crippen molar-refractivity contribution in [1.82, 2.24) is 9.69 Å². The van der Waals surface area contributed by atoms with E-state index in [2.05, 4.69) is 9.69 Å². The van der Waals surface area contributed by atoms with Gasteiger partial charge in [0, 0.05) is 25.5 Å². The van der Waals surface area contributed by atoms with Gasteiger partial charge < -0.3 is 26.4 Å². The van der Waals surface area contributed by atoms with Crippen LogP contribution in [0, 0.1) is 13.8 Å². The fourth-order valence-electron chi connectivity index (χ4n) is 4.05. The molecule has 0 bridgehead atoms. The first-order chi connectivity index (χ1) is 18.4. The summed E-state index contributed by atoms with van der Waals surface area (Å²) in [7, 11) is 3.76. The number of carbonyl (C=O) groups excluding carboxylic acids is 4. The number of nitrogen functional groups attached to an aromatic ring is 1. The molecule has 3 aromatic rings. The first-order valence-electron chi connectivity index (χ1n) is 12.1. The molecule has 206 valence electrons. The number of carbonyl (C=O) groups is 4. The maximum absolute atomic E-state index is 14.1. The molecule has 11 nitrogen and oxygen atoms in total. The number of anilines is 3. The van der Waals surface area contributed by atoms with Crippen LogP contribution in [0.1, 0.15) is 49.8 Å². The monoisotopic (exact) mass is 552 g/mol. The molecule has 0 aliphatic carbocycles. The summed E-state index contributed by atoms with van der Waals surface area (Å²) in [5.41, 5.74) is 14.6. The van der Waals surface area contributed by atoms with E-state index < -0.39 is 29.7 Å². The van der Waals surface area contributed by atoms with Crippen molar-refractivity contribution < 1.29 is 23.9 Å². The Labute approximate surface area is 230 Å². The molecule has 0 unspecified atom stereocenters. The lowest BCUT2D eigenvalue weighted by Gasteiger charge is -2.32. The summed E-state index contributed by atoms with van der Waals surface area (Å²) in [4.78, 5) is 54.9. The highest BCUT2D eigenvalue weighted by Gasteiger charge is 2.36. The molecule has 5 N–H and O–H groups in total. The average Bonchev–Trinajstić information content (AvgIpc) is 3.26. The Morgan fingerprint density at radius 2 is 1.64 bits per heavy atom. The summed E-state index contributed by atoms with van der Waals surface area (Å²) in [5.74, 6) is -2.76. The number of nitrogens with one attached hydrogen (secondary N) is 1. The maximum atomic E-state index is 14.1. The second-order valence-electron chi connectivity index (χ2n) is 9.07. The number of benzene rings is 2. The van der Waals surface area contributed by atoms with Crippen LogP contribution in [0.3, 0.4) is 0 Å². The van der Waals surface area contributed by atoms with Gasteiger partial charge in [0.1, 0.15) is 17.5 Å². The Bertz CT molecular complexity index is 1370. The third kappa shape index (κ3) is 6.71. The highest BCUT2D eigenvalue weighted by atomic mass is 32.1. The Morgan fingerprint density at radius 1 is 1.03 bits per heavy atom. The molecule has 1 heterocycles. The van der Waals surface area contributed by atoms with Crippen molar-refractivity contribution in [3.63, 3.8) is 0 Å². The van der Waals surface area contributed by atoms with Gasteiger partial charge in [-0.1, -0.05) is 18.2 Å². The molecule has 0 aliphatic heterocycles. The van der Waals surface area contributed by atoms with E-state index in [0.717, 1.165) is 28.3 Å². The topological polar surface area (TPSA) is 161 Å². The smallest absolute Gasteiger partial charge is 0.325 e. The highest BCUT2D eigenvalue weighted by Crippen LogP contribution is 2.34. The number of hydrogen-bond donors (Lipinski definition) is 3. The summed E-state index contributed by atoms with van der Waals surface area (Å²) in [6, 6.07) is 11.3. The normalized spacial score (nSPS) is 11.4. The molecule has 12 heteroatoms. The molecule has 2 aromatic carbocycles. The molecule has 39 heavy (non-hydrogen) atoms. The van der Waals surface area contributed by atoms with Gasteiger partial charge in [0.25, 0.3) is 11.8 Å². The van der Waals surface area contributed by atoms with Gasteiger partial charge in [-0.25, -0.2) is 0 Å². The number of hydrogen-bond acceptors (Lipinski definition) is 9.